The van der Waals surface area contributed by atoms with Crippen LogP contribution in [0.3, 0.4) is 0 Å². The standard InChI is InChI=1S/C25H27ClNO4PS/c26-24-16-23(10-9-20(24)11-12-25(27)13-14-32(28,29)31-18-25)33-22-8-4-7-21(15-22)30-17-19-5-2-1-3-6-19/h1-10,15-16H,11-14,17-18,27H2,(H,28,29). The van der Waals surface area contributed by atoms with Gasteiger partial charge in [0.15, 0.2) is 0 Å². The molecule has 8 heteroatoms. The lowest BCUT2D eigenvalue weighted by atomic mass is 9.90. The summed E-state index contributed by atoms with van der Waals surface area (Å²) >= 11 is 8.18. The topological polar surface area (TPSA) is 81.8 Å². The Morgan fingerprint density at radius 3 is 2.61 bits per heavy atom. The summed E-state index contributed by atoms with van der Waals surface area (Å²) in [6.45, 7) is 0.619. The molecule has 0 bridgehead atoms. The van der Waals surface area contributed by atoms with Crippen LogP contribution in [0, 0.1) is 0 Å². The first-order valence-corrected chi connectivity index (χ1v) is 13.7. The Bertz CT molecular complexity index is 1130. The van der Waals surface area contributed by atoms with Gasteiger partial charge in [0.05, 0.1) is 12.8 Å². The third kappa shape index (κ3) is 7.10. The predicted molar refractivity (Wildman–Crippen MR) is 133 cm³/mol. The molecule has 0 aliphatic carbocycles. The van der Waals surface area contributed by atoms with Crippen LogP contribution in [0.25, 0.3) is 0 Å². The Morgan fingerprint density at radius 2 is 1.88 bits per heavy atom. The van der Waals surface area contributed by atoms with Crippen molar-refractivity contribution in [1.29, 1.82) is 0 Å². The van der Waals surface area contributed by atoms with E-state index in [2.05, 4.69) is 0 Å². The van der Waals surface area contributed by atoms with Gasteiger partial charge < -0.3 is 19.9 Å². The number of ether oxygens (including phenoxy) is 1. The molecule has 3 aromatic carbocycles. The molecule has 1 aliphatic rings. The van der Waals surface area contributed by atoms with Gasteiger partial charge in [0.25, 0.3) is 0 Å². The molecule has 0 radical (unpaired) electrons. The summed E-state index contributed by atoms with van der Waals surface area (Å²) in [6.07, 6.45) is 1.89. The molecule has 3 aromatic rings. The third-order valence-electron chi connectivity index (χ3n) is 5.65. The smallest absolute Gasteiger partial charge is 0.328 e. The molecular weight excluding hydrogens is 477 g/mol. The summed E-state index contributed by atoms with van der Waals surface area (Å²) in [4.78, 5) is 11.6. The summed E-state index contributed by atoms with van der Waals surface area (Å²) in [6, 6.07) is 24.1. The van der Waals surface area contributed by atoms with Crippen LogP contribution in [-0.4, -0.2) is 23.2 Å². The Balaban J connectivity index is 1.34. The monoisotopic (exact) mass is 503 g/mol. The van der Waals surface area contributed by atoms with Gasteiger partial charge in [-0.3, -0.25) is 4.57 Å². The van der Waals surface area contributed by atoms with Crippen LogP contribution in [0.15, 0.2) is 82.6 Å². The third-order valence-corrected chi connectivity index (χ3v) is 8.30. The van der Waals surface area contributed by atoms with E-state index in [9.17, 15) is 9.46 Å². The maximum Gasteiger partial charge on any atom is 0.328 e. The lowest BCUT2D eigenvalue weighted by molar-refractivity contribution is 0.155. The van der Waals surface area contributed by atoms with Gasteiger partial charge in [-0.05, 0) is 60.7 Å². The van der Waals surface area contributed by atoms with Gasteiger partial charge in [-0.15, -0.1) is 0 Å². The molecule has 0 aromatic heterocycles. The highest BCUT2D eigenvalue weighted by Crippen LogP contribution is 2.48. The first kappa shape index (κ1) is 24.3. The largest absolute Gasteiger partial charge is 0.489 e. The second-order valence-corrected chi connectivity index (χ2v) is 11.9. The molecule has 0 amide bonds. The Kier molecular flexibility index (Phi) is 7.85. The molecule has 2 atom stereocenters. The molecule has 174 valence electrons. The summed E-state index contributed by atoms with van der Waals surface area (Å²) in [5, 5.41) is 0.685. The molecule has 1 aliphatic heterocycles. The number of hydrogen-bond acceptors (Lipinski definition) is 5. The number of rotatable bonds is 8. The first-order chi connectivity index (χ1) is 15.8. The van der Waals surface area contributed by atoms with Crippen LogP contribution < -0.4 is 10.5 Å². The van der Waals surface area contributed by atoms with Crippen molar-refractivity contribution in [2.45, 2.75) is 41.2 Å². The van der Waals surface area contributed by atoms with E-state index >= 15 is 0 Å². The van der Waals surface area contributed by atoms with Crippen LogP contribution in [0.5, 0.6) is 5.75 Å². The van der Waals surface area contributed by atoms with E-state index in [1.807, 2.05) is 72.8 Å². The molecule has 1 heterocycles. The highest BCUT2D eigenvalue weighted by Gasteiger charge is 2.37. The molecule has 33 heavy (non-hydrogen) atoms. The van der Waals surface area contributed by atoms with Crippen LogP contribution in [0.1, 0.15) is 24.0 Å². The zero-order valence-electron chi connectivity index (χ0n) is 18.2. The van der Waals surface area contributed by atoms with Gasteiger partial charge in [-0.2, -0.15) is 0 Å². The van der Waals surface area contributed by atoms with Gasteiger partial charge in [-0.1, -0.05) is 65.8 Å². The summed E-state index contributed by atoms with van der Waals surface area (Å²) in [7, 11) is -3.45. The van der Waals surface area contributed by atoms with Gasteiger partial charge >= 0.3 is 7.60 Å². The van der Waals surface area contributed by atoms with Crippen LogP contribution in [-0.2, 0) is 22.1 Å². The Hall–Kier alpha value is -1.79. The van der Waals surface area contributed by atoms with Crippen molar-refractivity contribution in [2.24, 2.45) is 5.73 Å². The van der Waals surface area contributed by atoms with Crippen molar-refractivity contribution in [3.8, 4) is 5.75 Å². The minimum Gasteiger partial charge on any atom is -0.489 e. The molecule has 5 nitrogen and oxygen atoms in total. The van der Waals surface area contributed by atoms with E-state index in [-0.39, 0.29) is 12.8 Å². The fraction of sp³-hybridized carbons (Fsp3) is 0.280. The molecular formula is C25H27ClNO4PS. The zero-order valence-corrected chi connectivity index (χ0v) is 20.6. The van der Waals surface area contributed by atoms with Crippen molar-refractivity contribution >= 4 is 31.0 Å². The van der Waals surface area contributed by atoms with E-state index in [1.54, 1.807) is 11.8 Å². The van der Waals surface area contributed by atoms with Crippen LogP contribution in [0.4, 0.5) is 0 Å². The number of benzene rings is 3. The quantitative estimate of drug-likeness (QED) is 0.351. The molecule has 2 unspecified atom stereocenters. The van der Waals surface area contributed by atoms with Gasteiger partial charge in [0, 0.05) is 20.4 Å². The maximum absolute atomic E-state index is 11.6. The first-order valence-electron chi connectivity index (χ1n) is 10.8. The van der Waals surface area contributed by atoms with Gasteiger partial charge in [-0.25, -0.2) is 0 Å². The molecule has 1 fully saturated rings. The normalized spacial score (nSPS) is 22.8. The highest BCUT2D eigenvalue weighted by atomic mass is 35.5. The lowest BCUT2D eigenvalue weighted by Gasteiger charge is -2.35. The summed E-state index contributed by atoms with van der Waals surface area (Å²) < 4.78 is 22.6. The number of nitrogens with two attached hydrogens (primary N) is 1. The summed E-state index contributed by atoms with van der Waals surface area (Å²) in [5.41, 5.74) is 7.90. The SMILES string of the molecule is NC1(CCc2ccc(Sc3cccc(OCc4ccccc4)c3)cc2Cl)CCP(=O)(O)OC1. The Morgan fingerprint density at radius 1 is 1.09 bits per heavy atom. The van der Waals surface area contributed by atoms with Crippen molar-refractivity contribution in [1.82, 2.24) is 0 Å². The fourth-order valence-electron chi connectivity index (χ4n) is 3.61. The van der Waals surface area contributed by atoms with Crippen molar-refractivity contribution in [3.05, 3.63) is 88.9 Å². The average molecular weight is 504 g/mol. The average Bonchev–Trinajstić information content (AvgIpc) is 2.81. The number of halogens is 1. The van der Waals surface area contributed by atoms with Crippen LogP contribution in [0.2, 0.25) is 5.02 Å². The van der Waals surface area contributed by atoms with E-state index in [1.165, 1.54) is 0 Å². The lowest BCUT2D eigenvalue weighted by Crippen LogP contribution is -2.47. The predicted octanol–water partition coefficient (Wildman–Crippen LogP) is 6.31. The van der Waals surface area contributed by atoms with Gasteiger partial charge in [0.2, 0.25) is 0 Å². The van der Waals surface area contributed by atoms with Crippen molar-refractivity contribution < 1.29 is 18.7 Å². The molecule has 0 saturated carbocycles. The van der Waals surface area contributed by atoms with E-state index in [0.717, 1.165) is 26.7 Å². The van der Waals surface area contributed by atoms with E-state index < -0.39 is 13.1 Å². The zero-order chi connectivity index (χ0) is 23.3. The van der Waals surface area contributed by atoms with E-state index in [0.29, 0.717) is 30.9 Å². The van der Waals surface area contributed by atoms with E-state index in [4.69, 9.17) is 26.6 Å². The number of hydrogen-bond donors (Lipinski definition) is 2. The summed E-state index contributed by atoms with van der Waals surface area (Å²) in [5.74, 6) is 0.821. The molecule has 0 spiro atoms. The second kappa shape index (κ2) is 10.6. The maximum atomic E-state index is 11.6. The fourth-order valence-corrected chi connectivity index (χ4v) is 6.17. The van der Waals surface area contributed by atoms with Gasteiger partial charge in [0.1, 0.15) is 12.4 Å². The highest BCUT2D eigenvalue weighted by molar-refractivity contribution is 7.99. The van der Waals surface area contributed by atoms with Crippen molar-refractivity contribution in [3.63, 3.8) is 0 Å². The Labute approximate surface area is 203 Å². The van der Waals surface area contributed by atoms with Crippen molar-refractivity contribution in [2.75, 3.05) is 12.8 Å². The number of aryl methyl sites for hydroxylation is 1. The van der Waals surface area contributed by atoms with Crippen LogP contribution >= 0.6 is 31.0 Å². The minimum absolute atomic E-state index is 0.0923. The molecule has 1 saturated heterocycles. The molecule has 3 N–H and O–H groups in total. The minimum atomic E-state index is -3.45. The second-order valence-electron chi connectivity index (χ2n) is 8.35. The molecule has 4 rings (SSSR count).